The van der Waals surface area contributed by atoms with Crippen molar-refractivity contribution in [1.29, 1.82) is 0 Å². The van der Waals surface area contributed by atoms with Crippen LogP contribution in [0.1, 0.15) is 19.8 Å². The number of thioether (sulfide) groups is 1. The van der Waals surface area contributed by atoms with Crippen molar-refractivity contribution in [1.82, 2.24) is 4.98 Å². The molecule has 1 aromatic rings. The molecule has 5 heteroatoms. The first-order valence-electron chi connectivity index (χ1n) is 5.30. The van der Waals surface area contributed by atoms with Gasteiger partial charge in [-0.3, -0.25) is 0 Å². The smallest absolute Gasteiger partial charge is 0.223 e. The molecule has 1 fully saturated rings. The first-order chi connectivity index (χ1) is 7.29. The number of rotatable bonds is 3. The third-order valence-corrected chi connectivity index (χ3v) is 4.61. The highest BCUT2D eigenvalue weighted by molar-refractivity contribution is 7.99. The van der Waals surface area contributed by atoms with Gasteiger partial charge in [0.25, 0.3) is 0 Å². The van der Waals surface area contributed by atoms with Gasteiger partial charge < -0.3 is 10.0 Å². The van der Waals surface area contributed by atoms with Gasteiger partial charge in [-0.1, -0.05) is 6.92 Å². The molecule has 0 spiro atoms. The number of hydrogen-bond acceptors (Lipinski definition) is 5. The lowest BCUT2D eigenvalue weighted by Gasteiger charge is -2.31. The zero-order valence-corrected chi connectivity index (χ0v) is 10.5. The van der Waals surface area contributed by atoms with Crippen molar-refractivity contribution in [3.05, 3.63) is 5.38 Å². The molecule has 1 N–H and O–H groups in total. The van der Waals surface area contributed by atoms with Crippen LogP contribution < -0.4 is 4.90 Å². The second kappa shape index (κ2) is 5.07. The molecule has 2 heterocycles. The fourth-order valence-electron chi connectivity index (χ4n) is 1.89. The normalized spacial score (nSPS) is 21.9. The van der Waals surface area contributed by atoms with E-state index >= 15 is 0 Å². The van der Waals surface area contributed by atoms with Gasteiger partial charge in [-0.15, -0.1) is 11.3 Å². The summed E-state index contributed by atoms with van der Waals surface area (Å²) in [5.41, 5.74) is 0. The molecule has 15 heavy (non-hydrogen) atoms. The summed E-state index contributed by atoms with van der Waals surface area (Å²) in [7, 11) is 0. The number of thiazole rings is 1. The molecule has 0 saturated carbocycles. The summed E-state index contributed by atoms with van der Waals surface area (Å²) >= 11 is 3.56. The van der Waals surface area contributed by atoms with E-state index in [9.17, 15) is 5.11 Å². The van der Waals surface area contributed by atoms with E-state index in [0.717, 1.165) is 23.5 Å². The van der Waals surface area contributed by atoms with E-state index in [1.807, 2.05) is 11.8 Å². The Morgan fingerprint density at radius 3 is 3.27 bits per heavy atom. The van der Waals surface area contributed by atoms with Gasteiger partial charge in [-0.05, 0) is 18.6 Å². The summed E-state index contributed by atoms with van der Waals surface area (Å²) in [4.78, 5) is 6.41. The number of aromatic hydroxyl groups is 1. The first-order valence-corrected chi connectivity index (χ1v) is 7.23. The standard InChI is InChI=1S/C10H16N2OS2/c1-2-14-8-4-3-5-12(6-8)10-11-9(13)7-15-10/h7-8,13H,2-6H2,1H3. The van der Waals surface area contributed by atoms with Crippen LogP contribution >= 0.6 is 23.1 Å². The number of aromatic nitrogens is 1. The number of piperidine rings is 1. The molecule has 1 atom stereocenters. The molecular formula is C10H16N2OS2. The summed E-state index contributed by atoms with van der Waals surface area (Å²) < 4.78 is 0. The Labute approximate surface area is 98.5 Å². The van der Waals surface area contributed by atoms with Gasteiger partial charge in [0.05, 0.1) is 5.38 Å². The molecule has 2 rings (SSSR count). The van der Waals surface area contributed by atoms with Gasteiger partial charge >= 0.3 is 0 Å². The summed E-state index contributed by atoms with van der Waals surface area (Å²) in [5.74, 6) is 1.34. The monoisotopic (exact) mass is 244 g/mol. The minimum atomic E-state index is 0.153. The Hall–Kier alpha value is -0.420. The van der Waals surface area contributed by atoms with Gasteiger partial charge in [0.2, 0.25) is 5.88 Å². The number of hydrogen-bond donors (Lipinski definition) is 1. The zero-order chi connectivity index (χ0) is 10.7. The lowest BCUT2D eigenvalue weighted by molar-refractivity contribution is 0.456. The third-order valence-electron chi connectivity index (χ3n) is 2.53. The molecule has 1 saturated heterocycles. The van der Waals surface area contributed by atoms with E-state index in [1.165, 1.54) is 29.9 Å². The fourth-order valence-corrected chi connectivity index (χ4v) is 3.70. The molecule has 1 aliphatic heterocycles. The summed E-state index contributed by atoms with van der Waals surface area (Å²) in [6.45, 7) is 4.36. The third kappa shape index (κ3) is 2.78. The van der Waals surface area contributed by atoms with E-state index < -0.39 is 0 Å². The van der Waals surface area contributed by atoms with Crippen molar-refractivity contribution in [2.24, 2.45) is 0 Å². The maximum Gasteiger partial charge on any atom is 0.223 e. The molecule has 0 aromatic carbocycles. The average molecular weight is 244 g/mol. The minimum absolute atomic E-state index is 0.153. The molecule has 0 radical (unpaired) electrons. The average Bonchev–Trinajstić information content (AvgIpc) is 2.66. The van der Waals surface area contributed by atoms with Crippen molar-refractivity contribution >= 4 is 28.2 Å². The van der Waals surface area contributed by atoms with Gasteiger partial charge in [0, 0.05) is 18.3 Å². The van der Waals surface area contributed by atoms with Gasteiger partial charge in [0.1, 0.15) is 0 Å². The Bertz CT molecular complexity index is 314. The van der Waals surface area contributed by atoms with Crippen LogP contribution in [0.25, 0.3) is 0 Å². The quantitative estimate of drug-likeness (QED) is 0.886. The molecule has 0 bridgehead atoms. The topological polar surface area (TPSA) is 36.4 Å². The molecule has 1 aliphatic rings. The van der Waals surface area contributed by atoms with Crippen LogP contribution in [0.5, 0.6) is 5.88 Å². The maximum absolute atomic E-state index is 9.22. The largest absolute Gasteiger partial charge is 0.493 e. The summed E-state index contributed by atoms with van der Waals surface area (Å²) in [6, 6.07) is 0. The highest BCUT2D eigenvalue weighted by Gasteiger charge is 2.21. The second-order valence-electron chi connectivity index (χ2n) is 3.65. The second-order valence-corrected chi connectivity index (χ2v) is 6.07. The van der Waals surface area contributed by atoms with Crippen LogP contribution in [-0.4, -0.2) is 34.2 Å². The fraction of sp³-hybridized carbons (Fsp3) is 0.700. The summed E-state index contributed by atoms with van der Waals surface area (Å²) in [5, 5.41) is 12.6. The predicted octanol–water partition coefficient (Wildman–Crippen LogP) is 2.57. The molecule has 0 amide bonds. The van der Waals surface area contributed by atoms with Crippen molar-refractivity contribution in [3.63, 3.8) is 0 Å². The molecule has 84 valence electrons. The zero-order valence-electron chi connectivity index (χ0n) is 8.85. The Morgan fingerprint density at radius 1 is 1.73 bits per heavy atom. The lowest BCUT2D eigenvalue weighted by atomic mass is 10.1. The number of nitrogens with zero attached hydrogens (tertiary/aromatic N) is 2. The van der Waals surface area contributed by atoms with E-state index in [2.05, 4.69) is 16.8 Å². The van der Waals surface area contributed by atoms with Crippen LogP contribution in [0.15, 0.2) is 5.38 Å². The maximum atomic E-state index is 9.22. The first kappa shape index (κ1) is 11.1. The summed E-state index contributed by atoms with van der Waals surface area (Å²) in [6.07, 6.45) is 2.55. The highest BCUT2D eigenvalue weighted by Crippen LogP contribution is 2.29. The SMILES string of the molecule is CCSC1CCCN(c2nc(O)cs2)C1. The van der Waals surface area contributed by atoms with Crippen molar-refractivity contribution in [2.45, 2.75) is 25.0 Å². The Morgan fingerprint density at radius 2 is 2.60 bits per heavy atom. The van der Waals surface area contributed by atoms with Crippen LogP contribution in [-0.2, 0) is 0 Å². The molecule has 1 unspecified atom stereocenters. The van der Waals surface area contributed by atoms with E-state index in [4.69, 9.17) is 0 Å². The van der Waals surface area contributed by atoms with Crippen molar-refractivity contribution < 1.29 is 5.11 Å². The van der Waals surface area contributed by atoms with Crippen molar-refractivity contribution in [3.8, 4) is 5.88 Å². The Balaban J connectivity index is 1.98. The Kier molecular flexibility index (Phi) is 3.75. The van der Waals surface area contributed by atoms with E-state index in [0.29, 0.717) is 0 Å². The predicted molar refractivity (Wildman–Crippen MR) is 67.1 cm³/mol. The molecular weight excluding hydrogens is 228 g/mol. The highest BCUT2D eigenvalue weighted by atomic mass is 32.2. The molecule has 0 aliphatic carbocycles. The molecule has 1 aromatic heterocycles. The lowest BCUT2D eigenvalue weighted by Crippen LogP contribution is -2.36. The van der Waals surface area contributed by atoms with Gasteiger partial charge in [-0.25, -0.2) is 0 Å². The van der Waals surface area contributed by atoms with Crippen LogP contribution in [0.4, 0.5) is 5.13 Å². The number of anilines is 1. The van der Waals surface area contributed by atoms with Gasteiger partial charge in [-0.2, -0.15) is 16.7 Å². The van der Waals surface area contributed by atoms with E-state index in [-0.39, 0.29) is 5.88 Å². The van der Waals surface area contributed by atoms with Gasteiger partial charge in [0.15, 0.2) is 5.13 Å². The minimum Gasteiger partial charge on any atom is -0.493 e. The van der Waals surface area contributed by atoms with Crippen molar-refractivity contribution in [2.75, 3.05) is 23.7 Å². The van der Waals surface area contributed by atoms with Crippen LogP contribution in [0.3, 0.4) is 0 Å². The van der Waals surface area contributed by atoms with E-state index in [1.54, 1.807) is 5.38 Å². The van der Waals surface area contributed by atoms with Crippen LogP contribution in [0, 0.1) is 0 Å². The molecule has 3 nitrogen and oxygen atoms in total. The van der Waals surface area contributed by atoms with Crippen LogP contribution in [0.2, 0.25) is 0 Å².